The molecule has 160 valence electrons. The molecule has 4 bridgehead atoms. The second-order valence-electron chi connectivity index (χ2n) is 8.16. The van der Waals surface area contributed by atoms with Crippen molar-refractivity contribution in [2.24, 2.45) is 4.99 Å². The van der Waals surface area contributed by atoms with E-state index in [-0.39, 0.29) is 5.91 Å². The molecule has 0 atom stereocenters. The number of aryl methyl sites for hydroxylation is 2. The Bertz CT molecular complexity index is 1410. The second kappa shape index (κ2) is 7.04. The average molecular weight is 427 g/mol. The summed E-state index contributed by atoms with van der Waals surface area (Å²) in [6.07, 6.45) is 8.50. The molecular weight excluding hydrogens is 406 g/mol. The zero-order valence-electron chi connectivity index (χ0n) is 17.9. The molecular formula is C22H21N9O. The van der Waals surface area contributed by atoms with Crippen LogP contribution < -0.4 is 0 Å². The SMILES string of the molecule is Cc1nn2cc1C1=NCc3ncc(nc31)-c1c(nc3ncccn13)CN(C)C(=O)CCC2. The van der Waals surface area contributed by atoms with E-state index >= 15 is 0 Å². The molecule has 0 unspecified atom stereocenters. The molecule has 0 N–H and O–H groups in total. The fourth-order valence-corrected chi connectivity index (χ4v) is 4.35. The lowest BCUT2D eigenvalue weighted by atomic mass is 10.1. The van der Waals surface area contributed by atoms with Crippen LogP contribution >= 0.6 is 0 Å². The molecule has 10 nitrogen and oxygen atoms in total. The summed E-state index contributed by atoms with van der Waals surface area (Å²) in [5.74, 6) is 0.623. The van der Waals surface area contributed by atoms with E-state index in [0.29, 0.717) is 43.9 Å². The van der Waals surface area contributed by atoms with Crippen molar-refractivity contribution < 1.29 is 4.79 Å². The second-order valence-corrected chi connectivity index (χ2v) is 8.16. The summed E-state index contributed by atoms with van der Waals surface area (Å²) in [6, 6.07) is 1.85. The van der Waals surface area contributed by atoms with Crippen molar-refractivity contribution in [1.29, 1.82) is 0 Å². The first kappa shape index (κ1) is 18.8. The number of aromatic nitrogens is 7. The minimum Gasteiger partial charge on any atom is -0.340 e. The number of hydrogen-bond acceptors (Lipinski definition) is 7. The number of hydrogen-bond donors (Lipinski definition) is 0. The number of nitrogens with zero attached hydrogens (tertiary/aromatic N) is 9. The smallest absolute Gasteiger partial charge is 0.234 e. The van der Waals surface area contributed by atoms with Crippen molar-refractivity contribution in [2.45, 2.75) is 39.4 Å². The Morgan fingerprint density at radius 3 is 2.94 bits per heavy atom. The Morgan fingerprint density at radius 2 is 2.03 bits per heavy atom. The standard InChI is InChI=1S/C22H21N9O/c1-13-14-11-30(28-13)7-3-5-18(32)29(2)12-17-21(31-8-4-6-23-22(31)27-17)16-10-24-15-9-25-19(14)20(15)26-16/h4,6,8,10-11H,3,5,7,9,12H2,1-2H3. The summed E-state index contributed by atoms with van der Waals surface area (Å²) >= 11 is 0. The van der Waals surface area contributed by atoms with Gasteiger partial charge in [0.05, 0.1) is 47.8 Å². The number of rotatable bonds is 0. The minimum absolute atomic E-state index is 0.0606. The lowest BCUT2D eigenvalue weighted by molar-refractivity contribution is -0.130. The number of carbonyl (C=O) groups is 1. The van der Waals surface area contributed by atoms with Crippen LogP contribution in [-0.2, 0) is 24.4 Å². The van der Waals surface area contributed by atoms with Gasteiger partial charge in [0.15, 0.2) is 0 Å². The molecule has 0 aliphatic carbocycles. The summed E-state index contributed by atoms with van der Waals surface area (Å²) in [7, 11) is 1.80. The van der Waals surface area contributed by atoms with Crippen LogP contribution in [-0.4, -0.2) is 57.7 Å². The lowest BCUT2D eigenvalue weighted by Crippen LogP contribution is -2.26. The summed E-state index contributed by atoms with van der Waals surface area (Å²) in [4.78, 5) is 38.0. The fraction of sp³-hybridized carbons (Fsp3) is 0.318. The summed E-state index contributed by atoms with van der Waals surface area (Å²) in [5, 5.41) is 4.64. The van der Waals surface area contributed by atoms with Gasteiger partial charge in [0.2, 0.25) is 11.7 Å². The van der Waals surface area contributed by atoms with Crippen LogP contribution in [0, 0.1) is 6.92 Å². The van der Waals surface area contributed by atoms with Gasteiger partial charge in [0.1, 0.15) is 11.4 Å². The van der Waals surface area contributed by atoms with Crippen LogP contribution in [0.5, 0.6) is 0 Å². The van der Waals surface area contributed by atoms with Crippen LogP contribution in [0.2, 0.25) is 0 Å². The molecule has 6 rings (SSSR count). The zero-order chi connectivity index (χ0) is 21.8. The lowest BCUT2D eigenvalue weighted by Gasteiger charge is -2.17. The van der Waals surface area contributed by atoms with Crippen LogP contribution in [0.4, 0.5) is 0 Å². The average Bonchev–Trinajstić information content (AvgIpc) is 3.46. The topological polar surface area (TPSA) is 106 Å². The highest BCUT2D eigenvalue weighted by molar-refractivity contribution is 6.14. The van der Waals surface area contributed by atoms with E-state index < -0.39 is 0 Å². The molecule has 10 heteroatoms. The Hall–Kier alpha value is -3.95. The quantitative estimate of drug-likeness (QED) is 0.424. The molecule has 0 aromatic carbocycles. The van der Waals surface area contributed by atoms with Gasteiger partial charge in [-0.15, -0.1) is 0 Å². The minimum atomic E-state index is 0.0606. The molecule has 4 aromatic heterocycles. The van der Waals surface area contributed by atoms with E-state index in [9.17, 15) is 4.79 Å². The van der Waals surface area contributed by atoms with E-state index in [0.717, 1.165) is 39.7 Å². The third kappa shape index (κ3) is 2.90. The molecule has 0 fully saturated rings. The Balaban J connectivity index is 1.58. The summed E-state index contributed by atoms with van der Waals surface area (Å²) in [5.41, 5.74) is 6.48. The maximum absolute atomic E-state index is 12.8. The highest BCUT2D eigenvalue weighted by Crippen LogP contribution is 2.28. The predicted molar refractivity (Wildman–Crippen MR) is 116 cm³/mol. The summed E-state index contributed by atoms with van der Waals surface area (Å²) < 4.78 is 3.79. The first-order chi connectivity index (χ1) is 15.6. The predicted octanol–water partition coefficient (Wildman–Crippen LogP) is 1.79. The highest BCUT2D eigenvalue weighted by Gasteiger charge is 2.27. The molecule has 0 saturated carbocycles. The Morgan fingerprint density at radius 1 is 1.12 bits per heavy atom. The first-order valence-corrected chi connectivity index (χ1v) is 10.6. The van der Waals surface area contributed by atoms with Gasteiger partial charge in [-0.25, -0.2) is 15.0 Å². The third-order valence-corrected chi connectivity index (χ3v) is 5.97. The molecule has 1 amide bonds. The van der Waals surface area contributed by atoms with E-state index in [4.69, 9.17) is 15.0 Å². The van der Waals surface area contributed by atoms with Crippen molar-refractivity contribution in [3.8, 4) is 11.4 Å². The van der Waals surface area contributed by atoms with Crippen LogP contribution in [0.1, 0.15) is 41.2 Å². The van der Waals surface area contributed by atoms with Crippen molar-refractivity contribution in [1.82, 2.24) is 39.0 Å². The van der Waals surface area contributed by atoms with Gasteiger partial charge in [-0.2, -0.15) is 5.10 Å². The molecule has 0 radical (unpaired) electrons. The first-order valence-electron chi connectivity index (χ1n) is 10.6. The van der Waals surface area contributed by atoms with Gasteiger partial charge in [-0.1, -0.05) is 0 Å². The molecule has 0 spiro atoms. The van der Waals surface area contributed by atoms with E-state index in [1.54, 1.807) is 24.3 Å². The third-order valence-electron chi connectivity index (χ3n) is 5.97. The van der Waals surface area contributed by atoms with E-state index in [1.807, 2.05) is 34.5 Å². The molecule has 0 saturated heterocycles. The summed E-state index contributed by atoms with van der Waals surface area (Å²) in [6.45, 7) is 3.50. The van der Waals surface area contributed by atoms with Gasteiger partial charge in [-0.3, -0.25) is 23.9 Å². The monoisotopic (exact) mass is 427 g/mol. The maximum Gasteiger partial charge on any atom is 0.234 e. The van der Waals surface area contributed by atoms with E-state index in [1.165, 1.54) is 0 Å². The molecule has 2 aliphatic heterocycles. The molecule has 2 aliphatic rings. The van der Waals surface area contributed by atoms with Crippen molar-refractivity contribution in [3.63, 3.8) is 0 Å². The number of aliphatic imine (C=N–C) groups is 1. The van der Waals surface area contributed by atoms with Gasteiger partial charge >= 0.3 is 0 Å². The normalized spacial score (nSPS) is 16.0. The number of carbonyl (C=O) groups excluding carboxylic acids is 1. The van der Waals surface area contributed by atoms with Crippen molar-refractivity contribution >= 4 is 17.4 Å². The van der Waals surface area contributed by atoms with Crippen molar-refractivity contribution in [3.05, 3.63) is 59.2 Å². The fourth-order valence-electron chi connectivity index (χ4n) is 4.35. The number of fused-ring (bicyclic) bond motifs is 8. The molecule has 6 heterocycles. The van der Waals surface area contributed by atoms with Crippen LogP contribution in [0.3, 0.4) is 0 Å². The molecule has 32 heavy (non-hydrogen) atoms. The highest BCUT2D eigenvalue weighted by atomic mass is 16.2. The van der Waals surface area contributed by atoms with Gasteiger partial charge < -0.3 is 4.90 Å². The Kier molecular flexibility index (Phi) is 4.14. The van der Waals surface area contributed by atoms with Gasteiger partial charge in [0.25, 0.3) is 0 Å². The van der Waals surface area contributed by atoms with E-state index in [2.05, 4.69) is 15.1 Å². The van der Waals surface area contributed by atoms with Crippen molar-refractivity contribution in [2.75, 3.05) is 7.05 Å². The van der Waals surface area contributed by atoms with Crippen LogP contribution in [0.25, 0.3) is 17.2 Å². The van der Waals surface area contributed by atoms with Gasteiger partial charge in [0, 0.05) is 44.2 Å². The number of amides is 1. The van der Waals surface area contributed by atoms with Crippen LogP contribution in [0.15, 0.2) is 35.8 Å². The Labute approximate surface area is 183 Å². The zero-order valence-corrected chi connectivity index (χ0v) is 17.9. The number of imidazole rings is 1. The van der Waals surface area contributed by atoms with Gasteiger partial charge in [-0.05, 0) is 19.4 Å². The molecule has 4 aromatic rings. The maximum atomic E-state index is 12.8. The largest absolute Gasteiger partial charge is 0.340 e.